The number of nitrogens with zero attached hydrogens (tertiary/aromatic N) is 1. The number of halogens is 2. The molecule has 21 heavy (non-hydrogen) atoms. The zero-order valence-corrected chi connectivity index (χ0v) is 12.5. The highest BCUT2D eigenvalue weighted by atomic mass is 79.9. The molecule has 0 aliphatic carbocycles. The van der Waals surface area contributed by atoms with Crippen LogP contribution in [-0.4, -0.2) is 10.8 Å². The first kappa shape index (κ1) is 15.1. The molecule has 0 aliphatic rings. The van der Waals surface area contributed by atoms with Gasteiger partial charge in [-0.1, -0.05) is 22.0 Å². The minimum atomic E-state index is -0.669. The molecule has 2 rings (SSSR count). The fraction of sp³-hybridized carbons (Fsp3) is 0.0714. The van der Waals surface area contributed by atoms with Gasteiger partial charge in [-0.05, 0) is 31.2 Å². The Morgan fingerprint density at radius 3 is 2.71 bits per heavy atom. The van der Waals surface area contributed by atoms with Crippen LogP contribution in [-0.2, 0) is 0 Å². The van der Waals surface area contributed by atoms with Crippen LogP contribution in [0.1, 0.15) is 15.9 Å². The molecule has 0 saturated heterocycles. The van der Waals surface area contributed by atoms with Crippen LogP contribution in [0.25, 0.3) is 0 Å². The topological polar surface area (TPSA) is 72.2 Å². The normalized spacial score (nSPS) is 10.2. The molecule has 0 radical (unpaired) electrons. The number of carbonyl (C=O) groups is 1. The van der Waals surface area contributed by atoms with Gasteiger partial charge in [-0.25, -0.2) is 4.39 Å². The van der Waals surface area contributed by atoms with E-state index in [0.29, 0.717) is 10.0 Å². The van der Waals surface area contributed by atoms with Crippen LogP contribution < -0.4 is 5.32 Å². The molecule has 0 fully saturated rings. The van der Waals surface area contributed by atoms with Crippen molar-refractivity contribution in [3.63, 3.8) is 0 Å². The molecule has 0 spiro atoms. The Morgan fingerprint density at radius 1 is 1.33 bits per heavy atom. The number of nitro groups is 1. The van der Waals surface area contributed by atoms with Crippen molar-refractivity contribution in [3.05, 3.63) is 67.9 Å². The van der Waals surface area contributed by atoms with Crippen LogP contribution >= 0.6 is 15.9 Å². The maximum Gasteiger partial charge on any atom is 0.274 e. The van der Waals surface area contributed by atoms with Gasteiger partial charge in [0.1, 0.15) is 5.82 Å². The van der Waals surface area contributed by atoms with E-state index in [2.05, 4.69) is 21.2 Å². The summed E-state index contributed by atoms with van der Waals surface area (Å²) in [6.45, 7) is 1.52. The van der Waals surface area contributed by atoms with Crippen LogP contribution in [0.5, 0.6) is 0 Å². The molecular formula is C14H10BrFN2O3. The number of anilines is 1. The van der Waals surface area contributed by atoms with Crippen LogP contribution in [0.15, 0.2) is 40.9 Å². The zero-order valence-electron chi connectivity index (χ0n) is 10.9. The number of nitrogens with one attached hydrogen (secondary N) is 1. The third-order valence-corrected chi connectivity index (χ3v) is 3.42. The minimum Gasteiger partial charge on any atom is -0.321 e. The number of hydrogen-bond donors (Lipinski definition) is 1. The summed E-state index contributed by atoms with van der Waals surface area (Å²) < 4.78 is 14.2. The highest BCUT2D eigenvalue weighted by Gasteiger charge is 2.17. The maximum absolute atomic E-state index is 13.6. The van der Waals surface area contributed by atoms with E-state index in [1.54, 1.807) is 0 Å². The summed E-state index contributed by atoms with van der Waals surface area (Å²) in [6.07, 6.45) is 0. The van der Waals surface area contributed by atoms with E-state index in [4.69, 9.17) is 0 Å². The van der Waals surface area contributed by atoms with E-state index >= 15 is 0 Å². The highest BCUT2D eigenvalue weighted by Crippen LogP contribution is 2.26. The number of rotatable bonds is 3. The summed E-state index contributed by atoms with van der Waals surface area (Å²) in [5, 5.41) is 13.3. The van der Waals surface area contributed by atoms with Gasteiger partial charge in [0, 0.05) is 10.5 Å². The predicted octanol–water partition coefficient (Wildman–Crippen LogP) is 4.06. The Hall–Kier alpha value is -2.28. The van der Waals surface area contributed by atoms with Gasteiger partial charge in [0.15, 0.2) is 0 Å². The third-order valence-electron chi connectivity index (χ3n) is 2.92. The summed E-state index contributed by atoms with van der Waals surface area (Å²) in [6, 6.07) is 8.31. The van der Waals surface area contributed by atoms with Gasteiger partial charge >= 0.3 is 0 Å². The van der Waals surface area contributed by atoms with Gasteiger partial charge in [-0.15, -0.1) is 0 Å². The molecule has 7 heteroatoms. The van der Waals surface area contributed by atoms with E-state index in [1.807, 2.05) is 0 Å². The second kappa shape index (κ2) is 6.01. The molecule has 2 aromatic carbocycles. The van der Waals surface area contributed by atoms with Gasteiger partial charge in [-0.2, -0.15) is 0 Å². The molecule has 1 N–H and O–H groups in total. The van der Waals surface area contributed by atoms with Gasteiger partial charge in [-0.3, -0.25) is 14.9 Å². The average Bonchev–Trinajstić information content (AvgIpc) is 2.43. The Morgan fingerprint density at radius 2 is 2.05 bits per heavy atom. The largest absolute Gasteiger partial charge is 0.321 e. The Bertz CT molecular complexity index is 734. The van der Waals surface area contributed by atoms with E-state index < -0.39 is 16.6 Å². The number of nitro benzene ring substituents is 1. The van der Waals surface area contributed by atoms with Crippen LogP contribution in [0, 0.1) is 22.9 Å². The zero-order chi connectivity index (χ0) is 15.6. The van der Waals surface area contributed by atoms with E-state index in [1.165, 1.54) is 43.3 Å². The quantitative estimate of drug-likeness (QED) is 0.668. The lowest BCUT2D eigenvalue weighted by atomic mass is 10.1. The Labute approximate surface area is 128 Å². The molecule has 0 heterocycles. The number of benzene rings is 2. The van der Waals surface area contributed by atoms with Gasteiger partial charge < -0.3 is 5.32 Å². The van der Waals surface area contributed by atoms with Crippen molar-refractivity contribution in [1.82, 2.24) is 0 Å². The van der Waals surface area contributed by atoms with Crippen molar-refractivity contribution in [2.45, 2.75) is 6.92 Å². The average molecular weight is 353 g/mol. The lowest BCUT2D eigenvalue weighted by Crippen LogP contribution is -2.15. The van der Waals surface area contributed by atoms with Crippen LogP contribution in [0.2, 0.25) is 0 Å². The molecule has 5 nitrogen and oxygen atoms in total. The molecule has 0 unspecified atom stereocenters. The van der Waals surface area contributed by atoms with Crippen molar-refractivity contribution >= 4 is 33.2 Å². The van der Waals surface area contributed by atoms with Gasteiger partial charge in [0.25, 0.3) is 11.6 Å². The molecule has 0 aliphatic heterocycles. The fourth-order valence-corrected chi connectivity index (χ4v) is 2.18. The predicted molar refractivity (Wildman–Crippen MR) is 79.9 cm³/mol. The van der Waals surface area contributed by atoms with Crippen molar-refractivity contribution in [1.29, 1.82) is 0 Å². The second-order valence-corrected chi connectivity index (χ2v) is 5.20. The molecule has 2 aromatic rings. The van der Waals surface area contributed by atoms with Crippen LogP contribution in [0.3, 0.4) is 0 Å². The summed E-state index contributed by atoms with van der Waals surface area (Å²) in [5.74, 6) is -1.34. The smallest absolute Gasteiger partial charge is 0.274 e. The summed E-state index contributed by atoms with van der Waals surface area (Å²) in [4.78, 5) is 22.4. The summed E-state index contributed by atoms with van der Waals surface area (Å²) in [5.41, 5.74) is 0.331. The van der Waals surface area contributed by atoms with Crippen LogP contribution in [0.4, 0.5) is 15.8 Å². The molecule has 108 valence electrons. The van der Waals surface area contributed by atoms with Crippen molar-refractivity contribution in [2.75, 3.05) is 5.32 Å². The van der Waals surface area contributed by atoms with Crippen molar-refractivity contribution < 1.29 is 14.1 Å². The van der Waals surface area contributed by atoms with E-state index in [0.717, 1.165) is 0 Å². The maximum atomic E-state index is 13.6. The molecule has 0 saturated carbocycles. The van der Waals surface area contributed by atoms with Gasteiger partial charge in [0.05, 0.1) is 21.7 Å². The lowest BCUT2D eigenvalue weighted by molar-refractivity contribution is -0.385. The van der Waals surface area contributed by atoms with E-state index in [-0.39, 0.29) is 16.9 Å². The molecule has 0 atom stereocenters. The number of hydrogen-bond acceptors (Lipinski definition) is 3. The SMILES string of the molecule is Cc1c(NC(=O)c2cc(Br)ccc2F)cccc1[N+](=O)[O-]. The number of carbonyl (C=O) groups excluding carboxylic acids is 1. The first-order valence-corrected chi connectivity index (χ1v) is 6.70. The first-order valence-electron chi connectivity index (χ1n) is 5.90. The monoisotopic (exact) mass is 352 g/mol. The first-order chi connectivity index (χ1) is 9.90. The standard InChI is InChI=1S/C14H10BrFN2O3/c1-8-12(3-2-4-13(8)18(20)21)17-14(19)10-7-9(15)5-6-11(10)16/h2-7H,1H3,(H,17,19). The summed E-state index contributed by atoms with van der Waals surface area (Å²) >= 11 is 3.16. The van der Waals surface area contributed by atoms with Gasteiger partial charge in [0.2, 0.25) is 0 Å². The highest BCUT2D eigenvalue weighted by molar-refractivity contribution is 9.10. The summed E-state index contributed by atoms with van der Waals surface area (Å²) in [7, 11) is 0. The van der Waals surface area contributed by atoms with Crippen molar-refractivity contribution in [2.24, 2.45) is 0 Å². The molecule has 0 aromatic heterocycles. The Kier molecular flexibility index (Phi) is 4.32. The second-order valence-electron chi connectivity index (χ2n) is 4.29. The molecular weight excluding hydrogens is 343 g/mol. The Balaban J connectivity index is 2.34. The minimum absolute atomic E-state index is 0.109. The molecule has 0 bridgehead atoms. The van der Waals surface area contributed by atoms with Crippen molar-refractivity contribution in [3.8, 4) is 0 Å². The lowest BCUT2D eigenvalue weighted by Gasteiger charge is -2.09. The fourth-order valence-electron chi connectivity index (χ4n) is 1.82. The molecule has 1 amide bonds. The third kappa shape index (κ3) is 3.25. The van der Waals surface area contributed by atoms with E-state index in [9.17, 15) is 19.3 Å². The number of amides is 1.